The number of likely N-dealkylation sites (N-methyl/N-ethyl adjacent to an activating group) is 1. The van der Waals surface area contributed by atoms with Crippen LogP contribution in [0, 0.1) is 0 Å². The van der Waals surface area contributed by atoms with Gasteiger partial charge < -0.3 is 10.0 Å². The van der Waals surface area contributed by atoms with Crippen molar-refractivity contribution in [3.05, 3.63) is 12.4 Å². The Hall–Kier alpha value is -1.45. The summed E-state index contributed by atoms with van der Waals surface area (Å²) in [5.74, 6) is -1.06. The Morgan fingerprint density at radius 1 is 1.37 bits per heavy atom. The average Bonchev–Trinajstić information content (AvgIpc) is 2.78. The topological polar surface area (TPSA) is 95.7 Å². The van der Waals surface area contributed by atoms with Crippen LogP contribution in [0.15, 0.2) is 17.3 Å². The molecule has 0 aliphatic carbocycles. The fourth-order valence-corrected chi connectivity index (χ4v) is 3.26. The predicted octanol–water partition coefficient (Wildman–Crippen LogP) is -1.10. The Kier molecular flexibility index (Phi) is 3.88. The van der Waals surface area contributed by atoms with Crippen molar-refractivity contribution in [2.24, 2.45) is 0 Å². The lowest BCUT2D eigenvalue weighted by atomic mass is 10.4. The summed E-state index contributed by atoms with van der Waals surface area (Å²) in [6, 6.07) is 0. The van der Waals surface area contributed by atoms with Crippen LogP contribution in [0.1, 0.15) is 0 Å². The van der Waals surface area contributed by atoms with Crippen molar-refractivity contribution < 1.29 is 18.3 Å². The number of aromatic nitrogens is 2. The molecule has 0 bridgehead atoms. The second kappa shape index (κ2) is 5.27. The molecule has 0 aromatic carbocycles. The summed E-state index contributed by atoms with van der Waals surface area (Å²) in [5.41, 5.74) is 0. The summed E-state index contributed by atoms with van der Waals surface area (Å²) in [5, 5.41) is 12.4. The zero-order chi connectivity index (χ0) is 14.0. The Morgan fingerprint density at radius 3 is 2.58 bits per heavy atom. The van der Waals surface area contributed by atoms with Crippen molar-refractivity contribution in [1.29, 1.82) is 0 Å². The zero-order valence-electron chi connectivity index (χ0n) is 10.6. The molecule has 1 aromatic rings. The maximum atomic E-state index is 12.3. The van der Waals surface area contributed by atoms with Gasteiger partial charge in [-0.1, -0.05) is 0 Å². The monoisotopic (exact) mass is 288 g/mol. The molecule has 0 saturated carbocycles. The van der Waals surface area contributed by atoms with E-state index in [0.717, 1.165) is 4.68 Å². The van der Waals surface area contributed by atoms with Gasteiger partial charge in [-0.2, -0.15) is 9.40 Å². The van der Waals surface area contributed by atoms with Crippen LogP contribution in [0.5, 0.6) is 0 Å². The predicted molar refractivity (Wildman–Crippen MR) is 66.1 cm³/mol. The highest BCUT2D eigenvalue weighted by molar-refractivity contribution is 7.89. The first-order valence-electron chi connectivity index (χ1n) is 5.82. The molecule has 9 heteroatoms. The van der Waals surface area contributed by atoms with E-state index in [2.05, 4.69) is 10.00 Å². The molecule has 2 rings (SSSR count). The molecule has 0 spiro atoms. The van der Waals surface area contributed by atoms with Crippen LogP contribution >= 0.6 is 0 Å². The van der Waals surface area contributed by atoms with E-state index in [1.54, 1.807) is 0 Å². The van der Waals surface area contributed by atoms with E-state index in [9.17, 15) is 13.2 Å². The van der Waals surface area contributed by atoms with Gasteiger partial charge in [-0.3, -0.25) is 9.48 Å². The second-order valence-electron chi connectivity index (χ2n) is 4.47. The third kappa shape index (κ3) is 3.11. The summed E-state index contributed by atoms with van der Waals surface area (Å²) in [6.45, 7) is 1.88. The van der Waals surface area contributed by atoms with Gasteiger partial charge in [-0.05, 0) is 7.05 Å². The highest BCUT2D eigenvalue weighted by Crippen LogP contribution is 2.16. The molecule has 1 aliphatic heterocycles. The Morgan fingerprint density at radius 2 is 2.00 bits per heavy atom. The fraction of sp³-hybridized carbons (Fsp3) is 0.600. The highest BCUT2D eigenvalue weighted by Gasteiger charge is 2.28. The second-order valence-corrected chi connectivity index (χ2v) is 6.41. The van der Waals surface area contributed by atoms with Crippen molar-refractivity contribution in [3.8, 4) is 0 Å². The van der Waals surface area contributed by atoms with E-state index in [1.807, 2.05) is 7.05 Å². The van der Waals surface area contributed by atoms with Crippen molar-refractivity contribution >= 4 is 16.0 Å². The average molecular weight is 288 g/mol. The maximum absolute atomic E-state index is 12.3. The molecular weight excluding hydrogens is 272 g/mol. The Bertz CT molecular complexity index is 560. The van der Waals surface area contributed by atoms with Crippen LogP contribution in [0.2, 0.25) is 0 Å². The van der Waals surface area contributed by atoms with Gasteiger partial charge in [-0.15, -0.1) is 0 Å². The minimum absolute atomic E-state index is 0.0401. The van der Waals surface area contributed by atoms with E-state index in [0.29, 0.717) is 26.2 Å². The van der Waals surface area contributed by atoms with Crippen LogP contribution in [-0.4, -0.2) is 71.7 Å². The lowest BCUT2D eigenvalue weighted by Gasteiger charge is -2.31. The number of piperazine rings is 1. The maximum Gasteiger partial charge on any atom is 0.325 e. The molecule has 19 heavy (non-hydrogen) atoms. The summed E-state index contributed by atoms with van der Waals surface area (Å²) in [6.07, 6.45) is 2.44. The quantitative estimate of drug-likeness (QED) is 0.756. The van der Waals surface area contributed by atoms with Crippen molar-refractivity contribution in [3.63, 3.8) is 0 Å². The van der Waals surface area contributed by atoms with Crippen molar-refractivity contribution in [2.75, 3.05) is 33.2 Å². The summed E-state index contributed by atoms with van der Waals surface area (Å²) < 4.78 is 27.1. The van der Waals surface area contributed by atoms with Crippen LogP contribution < -0.4 is 0 Å². The Labute approximate surface area is 111 Å². The Balaban J connectivity index is 2.15. The summed E-state index contributed by atoms with van der Waals surface area (Å²) in [7, 11) is -1.63. The lowest BCUT2D eigenvalue weighted by Crippen LogP contribution is -2.46. The summed E-state index contributed by atoms with van der Waals surface area (Å²) in [4.78, 5) is 12.6. The van der Waals surface area contributed by atoms with Gasteiger partial charge >= 0.3 is 5.97 Å². The van der Waals surface area contributed by atoms with Gasteiger partial charge in [0.1, 0.15) is 11.4 Å². The number of sulfonamides is 1. The van der Waals surface area contributed by atoms with Crippen LogP contribution in [0.3, 0.4) is 0 Å². The molecule has 2 heterocycles. The normalized spacial score (nSPS) is 18.6. The van der Waals surface area contributed by atoms with Gasteiger partial charge in [0, 0.05) is 32.4 Å². The molecule has 0 amide bonds. The number of nitrogens with zero attached hydrogens (tertiary/aromatic N) is 4. The molecular formula is C10H16N4O4S. The number of aliphatic carboxylic acids is 1. The first-order valence-corrected chi connectivity index (χ1v) is 7.26. The molecule has 0 atom stereocenters. The van der Waals surface area contributed by atoms with E-state index in [1.165, 1.54) is 16.7 Å². The molecule has 1 N–H and O–H groups in total. The van der Waals surface area contributed by atoms with E-state index < -0.39 is 16.0 Å². The first kappa shape index (κ1) is 14.0. The standard InChI is InChI=1S/C10H16N4O4S/c1-12-2-4-14(5-3-12)19(17,18)9-6-11-13(7-9)8-10(15)16/h6-7H,2-5,8H2,1H3,(H,15,16). The van der Waals surface area contributed by atoms with Gasteiger partial charge in [0.05, 0.1) is 6.20 Å². The van der Waals surface area contributed by atoms with Crippen molar-refractivity contribution in [1.82, 2.24) is 19.0 Å². The van der Waals surface area contributed by atoms with Crippen LogP contribution in [0.4, 0.5) is 0 Å². The third-order valence-electron chi connectivity index (χ3n) is 3.01. The largest absolute Gasteiger partial charge is 0.480 e. The minimum atomic E-state index is -3.57. The highest BCUT2D eigenvalue weighted by atomic mass is 32.2. The van der Waals surface area contributed by atoms with Gasteiger partial charge in [0.2, 0.25) is 10.0 Å². The number of hydrogen-bond acceptors (Lipinski definition) is 5. The molecule has 8 nitrogen and oxygen atoms in total. The lowest BCUT2D eigenvalue weighted by molar-refractivity contribution is -0.137. The van der Waals surface area contributed by atoms with Gasteiger partial charge in [0.15, 0.2) is 0 Å². The number of hydrogen-bond donors (Lipinski definition) is 1. The van der Waals surface area contributed by atoms with Crippen molar-refractivity contribution in [2.45, 2.75) is 11.4 Å². The van der Waals surface area contributed by atoms with E-state index >= 15 is 0 Å². The van der Waals surface area contributed by atoms with Gasteiger partial charge in [0.25, 0.3) is 0 Å². The number of rotatable bonds is 4. The van der Waals surface area contributed by atoms with E-state index in [4.69, 9.17) is 5.11 Å². The zero-order valence-corrected chi connectivity index (χ0v) is 11.4. The number of carboxylic acids is 1. The molecule has 0 unspecified atom stereocenters. The third-order valence-corrected chi connectivity index (χ3v) is 4.86. The molecule has 1 aliphatic rings. The first-order chi connectivity index (χ1) is 8.89. The molecule has 1 aromatic heterocycles. The number of carbonyl (C=O) groups is 1. The molecule has 106 valence electrons. The van der Waals surface area contributed by atoms with Gasteiger partial charge in [-0.25, -0.2) is 8.42 Å². The van der Waals surface area contributed by atoms with E-state index in [-0.39, 0.29) is 11.4 Å². The minimum Gasteiger partial charge on any atom is -0.480 e. The SMILES string of the molecule is CN1CCN(S(=O)(=O)c2cnn(CC(=O)O)c2)CC1. The van der Waals surface area contributed by atoms with Crippen LogP contribution in [0.25, 0.3) is 0 Å². The fourth-order valence-electron chi connectivity index (χ4n) is 1.88. The molecule has 1 saturated heterocycles. The molecule has 1 fully saturated rings. The smallest absolute Gasteiger partial charge is 0.325 e. The summed E-state index contributed by atoms with van der Waals surface area (Å²) >= 11 is 0. The van der Waals surface area contributed by atoms with Crippen LogP contribution in [-0.2, 0) is 21.4 Å². The number of carboxylic acid groups (broad SMARTS) is 1. The molecule has 0 radical (unpaired) electrons.